The fraction of sp³-hybridized carbons (Fsp3) is 0.400. The molecule has 0 bridgehead atoms. The van der Waals surface area contributed by atoms with E-state index in [0.717, 1.165) is 31.4 Å². The number of carbonyl (C=O) groups is 1. The Morgan fingerprint density at radius 2 is 1.93 bits per heavy atom. The molecule has 3 N–H and O–H groups in total. The number of rotatable bonds is 5. The molecule has 0 atom stereocenters. The Labute approximate surface area is 161 Å². The van der Waals surface area contributed by atoms with Crippen molar-refractivity contribution in [3.05, 3.63) is 46.3 Å². The zero-order chi connectivity index (χ0) is 19.7. The Morgan fingerprint density at radius 3 is 2.57 bits per heavy atom. The van der Waals surface area contributed by atoms with Gasteiger partial charge in [-0.3, -0.25) is 4.79 Å². The van der Waals surface area contributed by atoms with Crippen molar-refractivity contribution in [2.24, 2.45) is 5.73 Å². The number of benzene rings is 1. The molecular formula is C20H23N5O3. The van der Waals surface area contributed by atoms with Gasteiger partial charge < -0.3 is 15.5 Å². The first-order chi connectivity index (χ1) is 13.6. The maximum Gasteiger partial charge on any atom is 0.332 e. The van der Waals surface area contributed by atoms with Crippen LogP contribution in [0.1, 0.15) is 61.3 Å². The smallest absolute Gasteiger partial charge is 0.332 e. The average molecular weight is 381 g/mol. The van der Waals surface area contributed by atoms with E-state index >= 15 is 0 Å². The molecule has 1 fully saturated rings. The van der Waals surface area contributed by atoms with Crippen LogP contribution in [0.25, 0.3) is 16.9 Å². The van der Waals surface area contributed by atoms with Crippen LogP contribution in [0.15, 0.2) is 29.1 Å². The van der Waals surface area contributed by atoms with Gasteiger partial charge in [0.05, 0.1) is 12.3 Å². The normalized spacial score (nSPS) is 15.0. The predicted molar refractivity (Wildman–Crippen MR) is 105 cm³/mol. The van der Waals surface area contributed by atoms with E-state index < -0.39 is 11.6 Å². The highest BCUT2D eigenvalue weighted by Gasteiger charge is 2.24. The van der Waals surface area contributed by atoms with Crippen molar-refractivity contribution >= 4 is 17.1 Å². The van der Waals surface area contributed by atoms with Gasteiger partial charge in [-0.25, -0.2) is 19.3 Å². The molecule has 4 rings (SSSR count). The summed E-state index contributed by atoms with van der Waals surface area (Å²) in [7, 11) is 0. The molecule has 0 saturated heterocycles. The molecule has 28 heavy (non-hydrogen) atoms. The van der Waals surface area contributed by atoms with Gasteiger partial charge in [0.1, 0.15) is 17.1 Å². The summed E-state index contributed by atoms with van der Waals surface area (Å²) in [5.74, 6) is 0.800. The molecule has 0 radical (unpaired) electrons. The van der Waals surface area contributed by atoms with Crippen LogP contribution in [0.2, 0.25) is 0 Å². The van der Waals surface area contributed by atoms with Crippen LogP contribution >= 0.6 is 0 Å². The molecule has 1 saturated carbocycles. The second-order valence-corrected chi connectivity index (χ2v) is 7.02. The molecule has 146 valence electrons. The summed E-state index contributed by atoms with van der Waals surface area (Å²) >= 11 is 0. The number of hydrogen-bond donors (Lipinski definition) is 2. The molecule has 3 aromatic rings. The molecular weight excluding hydrogens is 358 g/mol. The van der Waals surface area contributed by atoms with Crippen molar-refractivity contribution in [2.45, 2.75) is 44.9 Å². The Morgan fingerprint density at radius 1 is 1.21 bits per heavy atom. The van der Waals surface area contributed by atoms with Crippen molar-refractivity contribution < 1.29 is 9.53 Å². The summed E-state index contributed by atoms with van der Waals surface area (Å²) in [6.45, 7) is 2.47. The fourth-order valence-electron chi connectivity index (χ4n) is 3.82. The number of primary amides is 1. The first-order valence-corrected chi connectivity index (χ1v) is 9.64. The number of imidazole rings is 1. The summed E-state index contributed by atoms with van der Waals surface area (Å²) in [5.41, 5.74) is 6.49. The van der Waals surface area contributed by atoms with E-state index in [-0.39, 0.29) is 17.1 Å². The van der Waals surface area contributed by atoms with E-state index in [2.05, 4.69) is 15.0 Å². The van der Waals surface area contributed by atoms with Crippen LogP contribution in [-0.2, 0) is 0 Å². The first kappa shape index (κ1) is 18.2. The van der Waals surface area contributed by atoms with Crippen molar-refractivity contribution in [1.29, 1.82) is 0 Å². The third-order valence-electron chi connectivity index (χ3n) is 5.16. The van der Waals surface area contributed by atoms with Gasteiger partial charge in [-0.1, -0.05) is 19.3 Å². The molecule has 2 aromatic heterocycles. The number of nitrogens with zero attached hydrogens (tertiary/aromatic N) is 3. The third-order valence-corrected chi connectivity index (χ3v) is 5.16. The van der Waals surface area contributed by atoms with Gasteiger partial charge in [-0.15, -0.1) is 0 Å². The number of H-pyrrole nitrogens is 1. The number of aromatic amines is 1. The van der Waals surface area contributed by atoms with E-state index in [4.69, 9.17) is 10.5 Å². The fourth-order valence-corrected chi connectivity index (χ4v) is 3.82. The summed E-state index contributed by atoms with van der Waals surface area (Å²) in [6.07, 6.45) is 5.36. The maximum atomic E-state index is 12.7. The molecule has 1 amide bonds. The molecule has 8 nitrogen and oxygen atoms in total. The van der Waals surface area contributed by atoms with Crippen LogP contribution in [0.3, 0.4) is 0 Å². The number of amides is 1. The molecule has 0 unspecified atom stereocenters. The van der Waals surface area contributed by atoms with E-state index in [9.17, 15) is 9.59 Å². The van der Waals surface area contributed by atoms with E-state index in [1.54, 1.807) is 24.3 Å². The minimum Gasteiger partial charge on any atom is -0.494 e. The number of fused-ring (bicyclic) bond motifs is 1. The molecule has 2 heterocycles. The molecule has 0 spiro atoms. The van der Waals surface area contributed by atoms with Crippen LogP contribution in [-0.4, -0.2) is 32.0 Å². The zero-order valence-electron chi connectivity index (χ0n) is 15.8. The number of ether oxygens (including phenoxy) is 1. The number of hydrogen-bond acceptors (Lipinski definition) is 5. The van der Waals surface area contributed by atoms with Gasteiger partial charge in [-0.2, -0.15) is 0 Å². The number of carbonyl (C=O) groups excluding carboxylic acids is 1. The first-order valence-electron chi connectivity index (χ1n) is 9.64. The quantitative estimate of drug-likeness (QED) is 0.705. The van der Waals surface area contributed by atoms with Crippen LogP contribution in [0, 0.1) is 0 Å². The summed E-state index contributed by atoms with van der Waals surface area (Å²) < 4.78 is 6.91. The SMILES string of the molecule is CCOc1ccc(-n2c(=O)[nH]c3c(C(N)=O)nc(C4CCCCC4)nc32)cc1. The molecule has 0 aliphatic heterocycles. The topological polar surface area (TPSA) is 116 Å². The maximum absolute atomic E-state index is 12.7. The van der Waals surface area contributed by atoms with Crippen molar-refractivity contribution in [1.82, 2.24) is 19.5 Å². The third kappa shape index (κ3) is 3.26. The van der Waals surface area contributed by atoms with Gasteiger partial charge in [0.25, 0.3) is 5.91 Å². The standard InChI is InChI=1S/C20H23N5O3/c1-2-28-14-10-8-13(9-11-14)25-19-16(23-20(25)27)15(17(21)26)22-18(24-19)12-6-4-3-5-7-12/h8-12H,2-7H2,1H3,(H2,21,26)(H,23,27). The highest BCUT2D eigenvalue weighted by atomic mass is 16.5. The zero-order valence-corrected chi connectivity index (χ0v) is 15.8. The molecule has 1 aromatic carbocycles. The molecule has 8 heteroatoms. The second kappa shape index (κ2) is 7.46. The average Bonchev–Trinajstić information content (AvgIpc) is 3.04. The minimum absolute atomic E-state index is 0.0624. The van der Waals surface area contributed by atoms with Crippen LogP contribution in [0.4, 0.5) is 0 Å². The van der Waals surface area contributed by atoms with E-state index in [1.165, 1.54) is 11.0 Å². The lowest BCUT2D eigenvalue weighted by molar-refractivity contribution is 0.0996. The minimum atomic E-state index is -0.676. The van der Waals surface area contributed by atoms with Crippen molar-refractivity contribution in [3.8, 4) is 11.4 Å². The highest BCUT2D eigenvalue weighted by Crippen LogP contribution is 2.32. The van der Waals surface area contributed by atoms with Gasteiger partial charge in [0.15, 0.2) is 11.3 Å². The van der Waals surface area contributed by atoms with Gasteiger partial charge >= 0.3 is 5.69 Å². The Kier molecular flexibility index (Phi) is 4.85. The highest BCUT2D eigenvalue weighted by molar-refractivity contribution is 6.01. The van der Waals surface area contributed by atoms with Crippen LogP contribution in [0.5, 0.6) is 5.75 Å². The summed E-state index contributed by atoms with van der Waals surface area (Å²) in [5, 5.41) is 0. The number of nitrogens with one attached hydrogen (secondary N) is 1. The summed E-state index contributed by atoms with van der Waals surface area (Å²) in [4.78, 5) is 36.5. The number of nitrogens with two attached hydrogens (primary N) is 1. The lowest BCUT2D eigenvalue weighted by Gasteiger charge is -2.20. The largest absolute Gasteiger partial charge is 0.494 e. The Bertz CT molecular complexity index is 1060. The Balaban J connectivity index is 1.88. The van der Waals surface area contributed by atoms with Gasteiger partial charge in [-0.05, 0) is 44.0 Å². The van der Waals surface area contributed by atoms with E-state index in [0.29, 0.717) is 23.8 Å². The Hall–Kier alpha value is -3.16. The second-order valence-electron chi connectivity index (χ2n) is 7.02. The van der Waals surface area contributed by atoms with Crippen molar-refractivity contribution in [2.75, 3.05) is 6.61 Å². The van der Waals surface area contributed by atoms with Gasteiger partial charge in [0, 0.05) is 5.92 Å². The van der Waals surface area contributed by atoms with Crippen molar-refractivity contribution in [3.63, 3.8) is 0 Å². The monoisotopic (exact) mass is 381 g/mol. The van der Waals surface area contributed by atoms with E-state index in [1.807, 2.05) is 6.92 Å². The lowest BCUT2D eigenvalue weighted by Crippen LogP contribution is -2.18. The number of aromatic nitrogens is 4. The molecule has 1 aliphatic rings. The molecule has 1 aliphatic carbocycles. The predicted octanol–water partition coefficient (Wildman–Crippen LogP) is 2.65. The lowest BCUT2D eigenvalue weighted by atomic mass is 9.88. The summed E-state index contributed by atoms with van der Waals surface area (Å²) in [6, 6.07) is 7.16. The van der Waals surface area contributed by atoms with Crippen LogP contribution < -0.4 is 16.2 Å². The van der Waals surface area contributed by atoms with Gasteiger partial charge in [0.2, 0.25) is 0 Å².